The van der Waals surface area contributed by atoms with Crippen molar-refractivity contribution in [3.8, 4) is 5.75 Å². The second-order valence-corrected chi connectivity index (χ2v) is 7.84. The Morgan fingerprint density at radius 2 is 1.94 bits per heavy atom. The quantitative estimate of drug-likeness (QED) is 0.514. The van der Waals surface area contributed by atoms with Gasteiger partial charge in [-0.3, -0.25) is 9.69 Å². The molecule has 168 valence electrons. The molecule has 1 atom stereocenters. The van der Waals surface area contributed by atoms with Crippen molar-refractivity contribution in [3.63, 3.8) is 0 Å². The Morgan fingerprint density at radius 1 is 1.26 bits per heavy atom. The van der Waals surface area contributed by atoms with Gasteiger partial charge in [0.15, 0.2) is 0 Å². The first-order chi connectivity index (χ1) is 14.9. The first kappa shape index (κ1) is 23.0. The van der Waals surface area contributed by atoms with E-state index in [0.717, 1.165) is 31.5 Å². The molecule has 4 N–H and O–H groups in total. The third-order valence-electron chi connectivity index (χ3n) is 5.52. The van der Waals surface area contributed by atoms with Gasteiger partial charge in [-0.2, -0.15) is 0 Å². The Kier molecular flexibility index (Phi) is 7.84. The van der Waals surface area contributed by atoms with Crippen molar-refractivity contribution in [1.29, 1.82) is 0 Å². The molecule has 0 spiro atoms. The summed E-state index contributed by atoms with van der Waals surface area (Å²) in [7, 11) is 1.47. The van der Waals surface area contributed by atoms with Gasteiger partial charge in [0.2, 0.25) is 5.91 Å². The minimum Gasteiger partial charge on any atom is -0.494 e. The van der Waals surface area contributed by atoms with Crippen molar-refractivity contribution >= 4 is 17.3 Å². The number of carbonyl (C=O) groups excluding carboxylic acids is 1. The van der Waals surface area contributed by atoms with Gasteiger partial charge in [0.25, 0.3) is 0 Å². The predicted molar refractivity (Wildman–Crippen MR) is 118 cm³/mol. The average Bonchev–Trinajstić information content (AvgIpc) is 2.76. The molecule has 0 aromatic heterocycles. The van der Waals surface area contributed by atoms with Crippen LogP contribution in [0.25, 0.3) is 0 Å². The van der Waals surface area contributed by atoms with Crippen LogP contribution in [0.3, 0.4) is 0 Å². The van der Waals surface area contributed by atoms with Crippen LogP contribution in [0.5, 0.6) is 5.75 Å². The van der Waals surface area contributed by atoms with E-state index in [9.17, 15) is 19.4 Å². The molecular weight excluding hydrogens is 401 g/mol. The second kappa shape index (κ2) is 10.6. The zero-order chi connectivity index (χ0) is 22.4. The van der Waals surface area contributed by atoms with Gasteiger partial charge < -0.3 is 25.6 Å². The molecule has 1 amide bonds. The number of ether oxygens (including phenoxy) is 1. The van der Waals surface area contributed by atoms with Crippen LogP contribution >= 0.6 is 0 Å². The standard InChI is InChI=1S/C23H30FN3O4/c1-15(29)16-3-5-19(6-4-16)25-22(30)13-27-9-7-20(8-10-27)26-23-17(14-28)11-18(24)12-21(23)31-2/h3-6,11-12,15,20,26,28-29H,7-10,13-14H2,1-2H3,(H,25,30). The van der Waals surface area contributed by atoms with Crippen LogP contribution in [0.4, 0.5) is 15.8 Å². The highest BCUT2D eigenvalue weighted by Crippen LogP contribution is 2.32. The topological polar surface area (TPSA) is 94.1 Å². The smallest absolute Gasteiger partial charge is 0.238 e. The van der Waals surface area contributed by atoms with Gasteiger partial charge in [-0.1, -0.05) is 12.1 Å². The molecule has 8 heteroatoms. The van der Waals surface area contributed by atoms with Crippen LogP contribution in [-0.4, -0.2) is 53.8 Å². The first-order valence-corrected chi connectivity index (χ1v) is 10.4. The number of piperidine rings is 1. The number of rotatable bonds is 8. The van der Waals surface area contributed by atoms with E-state index in [0.29, 0.717) is 29.2 Å². The molecule has 31 heavy (non-hydrogen) atoms. The zero-order valence-electron chi connectivity index (χ0n) is 17.9. The summed E-state index contributed by atoms with van der Waals surface area (Å²) in [6.07, 6.45) is 1.08. The van der Waals surface area contributed by atoms with E-state index in [-0.39, 0.29) is 18.6 Å². The highest BCUT2D eigenvalue weighted by Gasteiger charge is 2.23. The fourth-order valence-electron chi connectivity index (χ4n) is 3.77. The highest BCUT2D eigenvalue weighted by atomic mass is 19.1. The lowest BCUT2D eigenvalue weighted by atomic mass is 10.0. The Hall–Kier alpha value is -2.68. The first-order valence-electron chi connectivity index (χ1n) is 10.4. The molecule has 0 bridgehead atoms. The van der Waals surface area contributed by atoms with Gasteiger partial charge in [-0.05, 0) is 43.5 Å². The van der Waals surface area contributed by atoms with Gasteiger partial charge in [-0.25, -0.2) is 4.39 Å². The fourth-order valence-corrected chi connectivity index (χ4v) is 3.77. The fraction of sp³-hybridized carbons (Fsp3) is 0.435. The minimum absolute atomic E-state index is 0.0843. The number of aliphatic hydroxyl groups is 2. The molecule has 0 aliphatic carbocycles. The van der Waals surface area contributed by atoms with Gasteiger partial charge in [0.05, 0.1) is 32.1 Å². The number of hydrogen-bond acceptors (Lipinski definition) is 6. The maximum absolute atomic E-state index is 13.7. The molecule has 0 saturated carbocycles. The average molecular weight is 432 g/mol. The van der Waals surface area contributed by atoms with Crippen molar-refractivity contribution in [2.24, 2.45) is 0 Å². The van der Waals surface area contributed by atoms with Crippen molar-refractivity contribution in [2.45, 2.75) is 38.5 Å². The Labute approximate surface area is 181 Å². The SMILES string of the molecule is COc1cc(F)cc(CO)c1NC1CCN(CC(=O)Nc2ccc(C(C)O)cc2)CC1. The number of nitrogens with zero attached hydrogens (tertiary/aromatic N) is 1. The summed E-state index contributed by atoms with van der Waals surface area (Å²) >= 11 is 0. The van der Waals surface area contributed by atoms with E-state index in [4.69, 9.17) is 4.74 Å². The number of halogens is 1. The lowest BCUT2D eigenvalue weighted by Crippen LogP contribution is -2.42. The van der Waals surface area contributed by atoms with Crippen LogP contribution in [0.1, 0.15) is 37.0 Å². The van der Waals surface area contributed by atoms with E-state index in [2.05, 4.69) is 15.5 Å². The van der Waals surface area contributed by atoms with E-state index >= 15 is 0 Å². The van der Waals surface area contributed by atoms with Gasteiger partial charge in [-0.15, -0.1) is 0 Å². The summed E-state index contributed by atoms with van der Waals surface area (Å²) in [5.74, 6) is -0.167. The number of benzene rings is 2. The largest absolute Gasteiger partial charge is 0.494 e. The van der Waals surface area contributed by atoms with Crippen molar-refractivity contribution in [2.75, 3.05) is 37.4 Å². The van der Waals surface area contributed by atoms with E-state index in [1.165, 1.54) is 19.2 Å². The van der Waals surface area contributed by atoms with Crippen LogP contribution in [0.2, 0.25) is 0 Å². The number of aliphatic hydroxyl groups excluding tert-OH is 2. The summed E-state index contributed by atoms with van der Waals surface area (Å²) in [4.78, 5) is 14.5. The van der Waals surface area contributed by atoms with Crippen LogP contribution in [-0.2, 0) is 11.4 Å². The molecular formula is C23H30FN3O4. The summed E-state index contributed by atoms with van der Waals surface area (Å²) < 4.78 is 18.9. The van der Waals surface area contributed by atoms with Crippen molar-refractivity contribution < 1.29 is 24.1 Å². The zero-order valence-corrected chi connectivity index (χ0v) is 17.9. The third-order valence-corrected chi connectivity index (χ3v) is 5.52. The van der Waals surface area contributed by atoms with Crippen LogP contribution < -0.4 is 15.4 Å². The molecule has 1 saturated heterocycles. The third kappa shape index (κ3) is 6.16. The normalized spacial score (nSPS) is 16.0. The predicted octanol–water partition coefficient (Wildman–Crippen LogP) is 2.89. The molecule has 1 unspecified atom stereocenters. The lowest BCUT2D eigenvalue weighted by molar-refractivity contribution is -0.117. The minimum atomic E-state index is -0.539. The molecule has 2 aromatic carbocycles. The molecule has 3 rings (SSSR count). The Bertz CT molecular complexity index is 856. The number of likely N-dealkylation sites (tertiary alicyclic amines) is 1. The summed E-state index contributed by atoms with van der Waals surface area (Å²) in [6.45, 7) is 3.19. The number of methoxy groups -OCH3 is 1. The maximum Gasteiger partial charge on any atom is 0.238 e. The van der Waals surface area contributed by atoms with Crippen molar-refractivity contribution in [3.05, 3.63) is 53.3 Å². The molecule has 0 radical (unpaired) electrons. The number of carbonyl (C=O) groups is 1. The number of nitrogens with one attached hydrogen (secondary N) is 2. The molecule has 1 aliphatic heterocycles. The summed E-state index contributed by atoms with van der Waals surface area (Å²) in [5, 5.41) is 25.4. The molecule has 1 fully saturated rings. The van der Waals surface area contributed by atoms with Gasteiger partial charge in [0, 0.05) is 36.4 Å². The second-order valence-electron chi connectivity index (χ2n) is 7.84. The number of anilines is 2. The molecule has 2 aromatic rings. The lowest BCUT2D eigenvalue weighted by Gasteiger charge is -2.33. The van der Waals surface area contributed by atoms with Crippen LogP contribution in [0, 0.1) is 5.82 Å². The molecule has 1 aliphatic rings. The van der Waals surface area contributed by atoms with E-state index in [1.807, 2.05) is 0 Å². The van der Waals surface area contributed by atoms with Gasteiger partial charge in [0.1, 0.15) is 11.6 Å². The monoisotopic (exact) mass is 431 g/mol. The summed E-state index contributed by atoms with van der Waals surface area (Å²) in [5.41, 5.74) is 2.57. The Balaban J connectivity index is 1.50. The molecule has 1 heterocycles. The number of hydrogen-bond donors (Lipinski definition) is 4. The summed E-state index contributed by atoms with van der Waals surface area (Å²) in [6, 6.07) is 9.89. The van der Waals surface area contributed by atoms with E-state index in [1.54, 1.807) is 31.2 Å². The van der Waals surface area contributed by atoms with Crippen molar-refractivity contribution in [1.82, 2.24) is 4.90 Å². The molecule has 7 nitrogen and oxygen atoms in total. The Morgan fingerprint density at radius 3 is 2.52 bits per heavy atom. The number of amides is 1. The van der Waals surface area contributed by atoms with Crippen LogP contribution in [0.15, 0.2) is 36.4 Å². The maximum atomic E-state index is 13.7. The highest BCUT2D eigenvalue weighted by molar-refractivity contribution is 5.92. The van der Waals surface area contributed by atoms with Gasteiger partial charge >= 0.3 is 0 Å². The van der Waals surface area contributed by atoms with E-state index < -0.39 is 11.9 Å².